The number of hydrogen-bond acceptors (Lipinski definition) is 7. The number of rotatable bonds is 9. The van der Waals surface area contributed by atoms with Gasteiger partial charge in [-0.05, 0) is 55.8 Å². The largest absolute Gasteiger partial charge is 0.338 e. The number of aromatic nitrogens is 2. The summed E-state index contributed by atoms with van der Waals surface area (Å²) >= 11 is 6.05. The molecule has 0 saturated carbocycles. The van der Waals surface area contributed by atoms with Crippen molar-refractivity contribution in [2.24, 2.45) is 5.92 Å². The van der Waals surface area contributed by atoms with Gasteiger partial charge in [0.1, 0.15) is 0 Å². The quantitative estimate of drug-likeness (QED) is 0.439. The molecule has 3 aromatic rings. The average molecular weight is 532 g/mol. The second kappa shape index (κ2) is 11.5. The van der Waals surface area contributed by atoms with E-state index in [0.717, 1.165) is 24.9 Å². The van der Waals surface area contributed by atoms with Crippen molar-refractivity contribution in [1.29, 1.82) is 0 Å². The van der Waals surface area contributed by atoms with E-state index in [1.807, 2.05) is 12.1 Å². The smallest absolute Gasteiger partial charge is 0.243 e. The van der Waals surface area contributed by atoms with Crippen LogP contribution in [-0.4, -0.2) is 59.8 Å². The molecular weight excluding hydrogens is 502 g/mol. The van der Waals surface area contributed by atoms with Gasteiger partial charge in [0.2, 0.25) is 27.6 Å². The van der Waals surface area contributed by atoms with Crippen molar-refractivity contribution in [3.63, 3.8) is 0 Å². The van der Waals surface area contributed by atoms with Crippen molar-refractivity contribution < 1.29 is 17.7 Å². The van der Waals surface area contributed by atoms with E-state index in [2.05, 4.69) is 20.4 Å². The summed E-state index contributed by atoms with van der Waals surface area (Å²) in [6.45, 7) is 6.27. The third-order valence-electron chi connectivity index (χ3n) is 6.25. The predicted octanol–water partition coefficient (Wildman–Crippen LogP) is 4.27. The molecule has 0 aliphatic carbocycles. The molecule has 0 bridgehead atoms. The first-order valence-electron chi connectivity index (χ1n) is 12.0. The van der Waals surface area contributed by atoms with Gasteiger partial charge < -0.3 is 9.84 Å². The minimum absolute atomic E-state index is 0.0933. The summed E-state index contributed by atoms with van der Waals surface area (Å²) in [5.74, 6) is 0.665. The maximum Gasteiger partial charge on any atom is 0.243 e. The van der Waals surface area contributed by atoms with Crippen molar-refractivity contribution in [2.75, 3.05) is 31.5 Å². The Kier molecular flexibility index (Phi) is 8.40. The number of nitrogens with zero attached hydrogens (tertiary/aromatic N) is 4. The van der Waals surface area contributed by atoms with Crippen LogP contribution in [0.4, 0.5) is 5.69 Å². The van der Waals surface area contributed by atoms with E-state index in [4.69, 9.17) is 16.1 Å². The number of halogens is 1. The van der Waals surface area contributed by atoms with E-state index in [1.165, 1.54) is 16.4 Å². The highest BCUT2D eigenvalue weighted by Crippen LogP contribution is 2.24. The van der Waals surface area contributed by atoms with Crippen molar-refractivity contribution in [3.8, 4) is 11.4 Å². The second-order valence-corrected chi connectivity index (χ2v) is 11.1. The monoisotopic (exact) mass is 531 g/mol. The van der Waals surface area contributed by atoms with E-state index in [0.29, 0.717) is 48.6 Å². The Hall–Kier alpha value is -2.79. The Balaban J connectivity index is 1.35. The highest BCUT2D eigenvalue weighted by atomic mass is 35.5. The third kappa shape index (κ3) is 6.12. The van der Waals surface area contributed by atoms with E-state index < -0.39 is 10.0 Å². The molecule has 4 rings (SSSR count). The summed E-state index contributed by atoms with van der Waals surface area (Å²) in [5.41, 5.74) is 1.35. The molecule has 1 N–H and O–H groups in total. The molecule has 1 aliphatic heterocycles. The first-order valence-corrected chi connectivity index (χ1v) is 13.8. The van der Waals surface area contributed by atoms with Crippen LogP contribution in [0.25, 0.3) is 11.4 Å². The fourth-order valence-electron chi connectivity index (χ4n) is 4.34. The van der Waals surface area contributed by atoms with E-state index in [9.17, 15) is 13.2 Å². The molecule has 9 nitrogen and oxygen atoms in total. The number of sulfonamides is 1. The van der Waals surface area contributed by atoms with Gasteiger partial charge in [-0.2, -0.15) is 9.29 Å². The Morgan fingerprint density at radius 3 is 2.64 bits per heavy atom. The van der Waals surface area contributed by atoms with Crippen molar-refractivity contribution in [3.05, 3.63) is 59.4 Å². The number of carbonyl (C=O) groups is 1. The molecule has 1 fully saturated rings. The SMILES string of the molecule is CCN(CC)S(=O)(=O)c1ccc(NC(=O)C2CCCN(Cc3nc(-c4cccc(Cl)c4)no3)C2)cc1. The molecule has 11 heteroatoms. The number of piperidine rings is 1. The number of amides is 1. The van der Waals surface area contributed by atoms with Gasteiger partial charge in [0.25, 0.3) is 0 Å². The number of carbonyl (C=O) groups excluding carboxylic acids is 1. The lowest BCUT2D eigenvalue weighted by molar-refractivity contribution is -0.121. The van der Waals surface area contributed by atoms with E-state index in [-0.39, 0.29) is 16.7 Å². The van der Waals surface area contributed by atoms with Gasteiger partial charge in [-0.3, -0.25) is 9.69 Å². The van der Waals surface area contributed by atoms with Crippen LogP contribution in [0.3, 0.4) is 0 Å². The maximum atomic E-state index is 12.9. The normalized spacial score (nSPS) is 16.8. The molecular formula is C25H30ClN5O4S. The van der Waals surface area contributed by atoms with Gasteiger partial charge in [-0.15, -0.1) is 0 Å². The van der Waals surface area contributed by atoms with Crippen LogP contribution in [0.2, 0.25) is 5.02 Å². The van der Waals surface area contributed by atoms with Crippen LogP contribution >= 0.6 is 11.6 Å². The van der Waals surface area contributed by atoms with Gasteiger partial charge in [0.05, 0.1) is 17.4 Å². The maximum absolute atomic E-state index is 12.9. The lowest BCUT2D eigenvalue weighted by Crippen LogP contribution is -2.40. The van der Waals surface area contributed by atoms with Crippen molar-refractivity contribution >= 4 is 33.2 Å². The van der Waals surface area contributed by atoms with Gasteiger partial charge in [-0.25, -0.2) is 8.42 Å². The third-order valence-corrected chi connectivity index (χ3v) is 8.55. The zero-order valence-corrected chi connectivity index (χ0v) is 21.9. The number of benzene rings is 2. The summed E-state index contributed by atoms with van der Waals surface area (Å²) in [6, 6.07) is 13.6. The minimum Gasteiger partial charge on any atom is -0.338 e. The average Bonchev–Trinajstić information content (AvgIpc) is 3.33. The van der Waals surface area contributed by atoms with Gasteiger partial charge in [0, 0.05) is 35.9 Å². The Bertz CT molecular complexity index is 1290. The molecule has 0 radical (unpaired) electrons. The van der Waals surface area contributed by atoms with Gasteiger partial charge >= 0.3 is 0 Å². The Morgan fingerprint density at radius 1 is 1.19 bits per heavy atom. The molecule has 0 spiro atoms. The van der Waals surface area contributed by atoms with Crippen LogP contribution in [0, 0.1) is 5.92 Å². The molecule has 1 unspecified atom stereocenters. The zero-order chi connectivity index (χ0) is 25.7. The van der Waals surface area contributed by atoms with E-state index in [1.54, 1.807) is 38.1 Å². The molecule has 1 aromatic heterocycles. The van der Waals surface area contributed by atoms with Crippen molar-refractivity contribution in [1.82, 2.24) is 19.3 Å². The van der Waals surface area contributed by atoms with E-state index >= 15 is 0 Å². The fraction of sp³-hybridized carbons (Fsp3) is 0.400. The number of likely N-dealkylation sites (tertiary alicyclic amines) is 1. The highest BCUT2D eigenvalue weighted by Gasteiger charge is 2.27. The topological polar surface area (TPSA) is 109 Å². The van der Waals surface area contributed by atoms with Crippen LogP contribution < -0.4 is 5.32 Å². The second-order valence-electron chi connectivity index (χ2n) is 8.70. The van der Waals surface area contributed by atoms with Crippen LogP contribution in [0.1, 0.15) is 32.6 Å². The summed E-state index contributed by atoms with van der Waals surface area (Å²) in [5, 5.41) is 7.58. The Labute approximate surface area is 216 Å². The van der Waals surface area contributed by atoms with Gasteiger partial charge in [-0.1, -0.05) is 42.7 Å². The van der Waals surface area contributed by atoms with Gasteiger partial charge in [0.15, 0.2) is 0 Å². The first-order chi connectivity index (χ1) is 17.3. The lowest BCUT2D eigenvalue weighted by Gasteiger charge is -2.30. The summed E-state index contributed by atoms with van der Waals surface area (Å²) in [6.07, 6.45) is 1.64. The van der Waals surface area contributed by atoms with Crippen LogP contribution in [-0.2, 0) is 21.4 Å². The summed E-state index contributed by atoms with van der Waals surface area (Å²) in [4.78, 5) is 19.8. The molecule has 1 aliphatic rings. The standard InChI is InChI=1S/C25H30ClN5O4S/c1-3-31(4-2)36(33,34)22-12-10-21(11-13-22)27-25(32)19-8-6-14-30(16-19)17-23-28-24(29-35-23)18-7-5-9-20(26)15-18/h5,7,9-13,15,19H,3-4,6,8,14,16-17H2,1-2H3,(H,27,32). The number of anilines is 1. The molecule has 1 amide bonds. The highest BCUT2D eigenvalue weighted by molar-refractivity contribution is 7.89. The summed E-state index contributed by atoms with van der Waals surface area (Å²) < 4.78 is 32.2. The van der Waals surface area contributed by atoms with Crippen LogP contribution in [0.15, 0.2) is 57.9 Å². The predicted molar refractivity (Wildman–Crippen MR) is 138 cm³/mol. The molecule has 2 heterocycles. The molecule has 192 valence electrons. The molecule has 36 heavy (non-hydrogen) atoms. The first kappa shape index (κ1) is 26.3. The number of hydrogen-bond donors (Lipinski definition) is 1. The zero-order valence-electron chi connectivity index (χ0n) is 20.4. The molecule has 1 atom stereocenters. The molecule has 2 aromatic carbocycles. The number of nitrogens with one attached hydrogen (secondary N) is 1. The fourth-order valence-corrected chi connectivity index (χ4v) is 5.98. The summed E-state index contributed by atoms with van der Waals surface area (Å²) in [7, 11) is -3.53. The van der Waals surface area contributed by atoms with Crippen LogP contribution in [0.5, 0.6) is 0 Å². The lowest BCUT2D eigenvalue weighted by atomic mass is 9.97. The molecule has 1 saturated heterocycles. The Morgan fingerprint density at radius 2 is 1.94 bits per heavy atom. The van der Waals surface area contributed by atoms with Crippen molar-refractivity contribution in [2.45, 2.75) is 38.1 Å². The minimum atomic E-state index is -3.53.